The molecular weight excluding hydrogens is 752 g/mol. The molecule has 3 saturated heterocycles. The average Bonchev–Trinajstić information content (AvgIpc) is 3.14. The molecule has 1 unspecified atom stereocenters. The zero-order chi connectivity index (χ0) is 43.9. The molecule has 0 radical (unpaired) electrons. The maximum atomic E-state index is 14.4. The van der Waals surface area contributed by atoms with Crippen LogP contribution >= 0.6 is 0 Å². The first kappa shape index (κ1) is 51.0. The first-order valence-electron chi connectivity index (χ1n) is 21.3. The fraction of sp³-hybridized carbons (Fsp3) is 0.930. The highest BCUT2D eigenvalue weighted by Gasteiger charge is 2.53. The van der Waals surface area contributed by atoms with E-state index in [1.807, 2.05) is 72.5 Å². The number of hydrogen-bond donors (Lipinski definition) is 4. The van der Waals surface area contributed by atoms with Crippen molar-refractivity contribution in [3.63, 3.8) is 0 Å². The van der Waals surface area contributed by atoms with Gasteiger partial charge in [0.05, 0.1) is 61.4 Å². The lowest BCUT2D eigenvalue weighted by atomic mass is 9.77. The summed E-state index contributed by atoms with van der Waals surface area (Å²) in [5.74, 6) is -2.56. The van der Waals surface area contributed by atoms with E-state index in [4.69, 9.17) is 37.9 Å². The summed E-state index contributed by atoms with van der Waals surface area (Å²) >= 11 is 0. The fourth-order valence-electron chi connectivity index (χ4n) is 9.44. The summed E-state index contributed by atoms with van der Waals surface area (Å²) in [6.07, 6.45) is -5.75. The molecule has 0 bridgehead atoms. The minimum atomic E-state index is -1.80. The molecule has 15 nitrogen and oxygen atoms in total. The van der Waals surface area contributed by atoms with Crippen LogP contribution in [0.15, 0.2) is 12.7 Å². The van der Waals surface area contributed by atoms with Crippen LogP contribution in [-0.4, -0.2) is 181 Å². The summed E-state index contributed by atoms with van der Waals surface area (Å²) in [6, 6.07) is -0.813. The van der Waals surface area contributed by atoms with Gasteiger partial charge in [0.2, 0.25) is 0 Å². The molecule has 18 atom stereocenters. The third-order valence-electron chi connectivity index (χ3n) is 12.9. The molecule has 0 aromatic carbocycles. The second kappa shape index (κ2) is 21.7. The van der Waals surface area contributed by atoms with Gasteiger partial charge in [0.25, 0.3) is 0 Å². The van der Waals surface area contributed by atoms with Gasteiger partial charge in [-0.3, -0.25) is 4.79 Å². The Labute approximate surface area is 348 Å². The minimum absolute atomic E-state index is 0.144. The molecule has 15 heteroatoms. The summed E-state index contributed by atoms with van der Waals surface area (Å²) in [5.41, 5.74) is -4.23. The van der Waals surface area contributed by atoms with Crippen LogP contribution in [0.4, 0.5) is 0 Å². The van der Waals surface area contributed by atoms with Crippen molar-refractivity contribution in [3.8, 4) is 0 Å². The molecule has 0 aliphatic carbocycles. The van der Waals surface area contributed by atoms with Gasteiger partial charge in [0, 0.05) is 38.1 Å². The monoisotopic (exact) mass is 833 g/mol. The number of carbonyl (C=O) groups excluding carboxylic acids is 1. The smallest absolute Gasteiger partial charge is 0.311 e. The van der Waals surface area contributed by atoms with Crippen molar-refractivity contribution in [2.75, 3.05) is 54.6 Å². The number of ether oxygens (including phenoxy) is 8. The first-order valence-corrected chi connectivity index (χ1v) is 21.3. The van der Waals surface area contributed by atoms with E-state index < -0.39 is 96.0 Å². The Bertz CT molecular complexity index is 1270. The van der Waals surface area contributed by atoms with Crippen LogP contribution in [0.3, 0.4) is 0 Å². The Morgan fingerprint density at radius 1 is 0.983 bits per heavy atom. The van der Waals surface area contributed by atoms with Gasteiger partial charge in [-0.1, -0.05) is 26.8 Å². The van der Waals surface area contributed by atoms with Gasteiger partial charge in [0.1, 0.15) is 30.0 Å². The van der Waals surface area contributed by atoms with E-state index in [2.05, 4.69) is 6.58 Å². The average molecular weight is 833 g/mol. The van der Waals surface area contributed by atoms with E-state index in [1.165, 1.54) is 6.92 Å². The number of methoxy groups -OCH3 is 1. The molecule has 3 aliphatic heterocycles. The Morgan fingerprint density at radius 3 is 2.22 bits per heavy atom. The predicted octanol–water partition coefficient (Wildman–Crippen LogP) is 3.13. The van der Waals surface area contributed by atoms with Crippen molar-refractivity contribution in [2.24, 2.45) is 17.8 Å². The Hall–Kier alpha value is -1.31. The van der Waals surface area contributed by atoms with Crippen LogP contribution in [0.2, 0.25) is 0 Å². The van der Waals surface area contributed by atoms with E-state index in [1.54, 1.807) is 34.0 Å². The molecule has 58 heavy (non-hydrogen) atoms. The van der Waals surface area contributed by atoms with Crippen LogP contribution in [0, 0.1) is 17.8 Å². The quantitative estimate of drug-likeness (QED) is 0.121. The molecule has 3 fully saturated rings. The van der Waals surface area contributed by atoms with Crippen molar-refractivity contribution < 1.29 is 63.1 Å². The van der Waals surface area contributed by atoms with Gasteiger partial charge in [-0.2, -0.15) is 0 Å². The van der Waals surface area contributed by atoms with Gasteiger partial charge >= 0.3 is 5.97 Å². The number of cyclic esters (lactones) is 1. The Balaban J connectivity index is 2.13. The maximum absolute atomic E-state index is 14.4. The zero-order valence-electron chi connectivity index (χ0n) is 38.0. The van der Waals surface area contributed by atoms with Crippen molar-refractivity contribution in [1.29, 1.82) is 0 Å². The van der Waals surface area contributed by atoms with Gasteiger partial charge in [-0.25, -0.2) is 0 Å². The van der Waals surface area contributed by atoms with Crippen molar-refractivity contribution in [2.45, 2.75) is 185 Å². The van der Waals surface area contributed by atoms with Crippen LogP contribution < -0.4 is 0 Å². The lowest BCUT2D eigenvalue weighted by molar-refractivity contribution is -0.321. The van der Waals surface area contributed by atoms with E-state index in [-0.39, 0.29) is 37.3 Å². The van der Waals surface area contributed by atoms with E-state index >= 15 is 0 Å². The Kier molecular flexibility index (Phi) is 19.1. The molecule has 3 rings (SSSR count). The number of esters is 1. The van der Waals surface area contributed by atoms with Crippen molar-refractivity contribution in [3.05, 3.63) is 12.7 Å². The lowest BCUT2D eigenvalue weighted by Crippen LogP contribution is -2.61. The van der Waals surface area contributed by atoms with Crippen LogP contribution in [0.5, 0.6) is 0 Å². The number of aliphatic hydroxyl groups excluding tert-OH is 2. The van der Waals surface area contributed by atoms with Gasteiger partial charge in [-0.15, -0.1) is 6.58 Å². The normalized spacial score (nSPS) is 45.6. The van der Waals surface area contributed by atoms with Gasteiger partial charge < -0.3 is 68.1 Å². The summed E-state index contributed by atoms with van der Waals surface area (Å²) in [6.45, 7) is 23.2. The van der Waals surface area contributed by atoms with Gasteiger partial charge in [0.15, 0.2) is 12.6 Å². The first-order chi connectivity index (χ1) is 26.9. The number of hydrogen-bond acceptors (Lipinski definition) is 15. The molecule has 0 aromatic heterocycles. The molecule has 0 spiro atoms. The number of carbonyl (C=O) groups is 1. The van der Waals surface area contributed by atoms with E-state index in [0.29, 0.717) is 32.8 Å². The molecule has 4 N–H and O–H groups in total. The fourth-order valence-corrected chi connectivity index (χ4v) is 9.44. The third kappa shape index (κ3) is 12.4. The molecular formula is C43H80N2O13. The van der Waals surface area contributed by atoms with Crippen molar-refractivity contribution >= 4 is 5.97 Å². The van der Waals surface area contributed by atoms with Gasteiger partial charge in [-0.05, 0) is 94.8 Å². The Morgan fingerprint density at radius 2 is 1.64 bits per heavy atom. The van der Waals surface area contributed by atoms with E-state index in [9.17, 15) is 25.2 Å². The highest BCUT2D eigenvalue weighted by Crippen LogP contribution is 2.40. The SMILES string of the molecule is C=CCOCCO[C@H]1[C@H](C)OC(O[C@H]2[C@H](C)[C@@H](O[C@@H]3O[C@H](C)C[C@H](N(C)C)[C@H]3O)[C@](C)(O)C[C@@H](C)CN(C)[C@H](C)[C@H](O)[C@](C)(O)[C@@H](CC)OC(=O)[C@@H]2C)C[C@@]1(C)OC. The van der Waals surface area contributed by atoms with Crippen LogP contribution in [0.1, 0.15) is 94.9 Å². The number of likely N-dealkylation sites (N-methyl/N-ethyl adjacent to an activating group) is 2. The third-order valence-corrected chi connectivity index (χ3v) is 12.9. The summed E-state index contributed by atoms with van der Waals surface area (Å²) in [4.78, 5) is 18.3. The molecule has 3 aliphatic rings. The topological polar surface area (TPSA) is 178 Å². The highest BCUT2D eigenvalue weighted by atomic mass is 16.7. The standard InChI is InChI=1S/C43H80N2O13/c1-16-18-52-19-20-53-38-30(8)55-33(23-42(38,10)51-15)57-35-27(5)37(58-40-34(46)31(44(12)13)21-26(4)54-40)41(9,49)22-25(3)24-45(14)29(7)36(47)43(11,50)32(17-2)56-39(48)28(35)6/h16,25-38,40,46-47,49-50H,1,17-24H2,2-15H3/t25-,26-,27+,28-,29-,30+,31+,32-,33?,34-,35+,36+,37-,38+,40+,41-,42-,43-/m1/s1. The largest absolute Gasteiger partial charge is 0.459 e. The number of aliphatic hydroxyl groups is 4. The summed E-state index contributed by atoms with van der Waals surface area (Å²) in [5, 5.41) is 47.7. The van der Waals surface area contributed by atoms with E-state index in [0.717, 1.165) is 0 Å². The summed E-state index contributed by atoms with van der Waals surface area (Å²) < 4.78 is 50.4. The lowest BCUT2D eigenvalue weighted by Gasteiger charge is -2.49. The van der Waals surface area contributed by atoms with Crippen molar-refractivity contribution in [1.82, 2.24) is 9.80 Å². The predicted molar refractivity (Wildman–Crippen MR) is 219 cm³/mol. The highest BCUT2D eigenvalue weighted by molar-refractivity contribution is 5.73. The number of nitrogens with zero attached hydrogens (tertiary/aromatic N) is 2. The van der Waals surface area contributed by atoms with Crippen LogP contribution in [-0.2, 0) is 42.7 Å². The molecule has 0 saturated carbocycles. The molecule has 0 amide bonds. The minimum Gasteiger partial charge on any atom is -0.459 e. The molecule has 0 aromatic rings. The summed E-state index contributed by atoms with van der Waals surface area (Å²) in [7, 11) is 7.25. The maximum Gasteiger partial charge on any atom is 0.311 e. The van der Waals surface area contributed by atoms with Crippen LogP contribution in [0.25, 0.3) is 0 Å². The molecule has 3 heterocycles. The number of rotatable bonds is 13. The second-order valence-corrected chi connectivity index (χ2v) is 18.4. The molecule has 340 valence electrons. The zero-order valence-corrected chi connectivity index (χ0v) is 38.0. The second-order valence-electron chi connectivity index (χ2n) is 18.4.